The second kappa shape index (κ2) is 11.6. The molecule has 0 aliphatic carbocycles. The van der Waals surface area contributed by atoms with Gasteiger partial charge in [-0.25, -0.2) is 15.0 Å². The van der Waals surface area contributed by atoms with Gasteiger partial charge in [-0.3, -0.25) is 0 Å². The van der Waals surface area contributed by atoms with Crippen LogP contribution in [-0.2, 0) is 0 Å². The summed E-state index contributed by atoms with van der Waals surface area (Å²) in [5, 5.41) is 4.94. The smallest absolute Gasteiger partial charge is 0.165 e. The maximum absolute atomic E-state index is 5.09. The summed E-state index contributed by atoms with van der Waals surface area (Å²) < 4.78 is 4.84. The molecule has 10 aromatic rings. The van der Waals surface area contributed by atoms with E-state index >= 15 is 0 Å². The fourth-order valence-electron chi connectivity index (χ4n) is 7.13. The van der Waals surface area contributed by atoms with Gasteiger partial charge in [0.25, 0.3) is 0 Å². The fraction of sp³-hybridized carbons (Fsp3) is 0. The third-order valence-corrected chi connectivity index (χ3v) is 10.7. The summed E-state index contributed by atoms with van der Waals surface area (Å²) in [6, 6.07) is 59.6. The zero-order valence-electron chi connectivity index (χ0n) is 26.9. The van der Waals surface area contributed by atoms with E-state index in [2.05, 4.69) is 138 Å². The molecule has 0 saturated heterocycles. The minimum Gasteiger partial charge on any atom is -0.309 e. The van der Waals surface area contributed by atoms with E-state index in [4.69, 9.17) is 15.0 Å². The fourth-order valence-corrected chi connectivity index (χ4v) is 8.49. The van der Waals surface area contributed by atoms with Crippen molar-refractivity contribution in [2.45, 2.75) is 0 Å². The van der Waals surface area contributed by atoms with Crippen LogP contribution in [-0.4, -0.2) is 19.5 Å². The van der Waals surface area contributed by atoms with Crippen LogP contribution >= 0.6 is 11.3 Å². The van der Waals surface area contributed by atoms with Gasteiger partial charge in [-0.1, -0.05) is 140 Å². The molecule has 0 N–H and O–H groups in total. The molecule has 0 bridgehead atoms. The Hall–Kier alpha value is -6.43. The lowest BCUT2D eigenvalue weighted by Gasteiger charge is -2.09. The minimum atomic E-state index is 0.662. The van der Waals surface area contributed by atoms with E-state index < -0.39 is 0 Å². The Morgan fingerprint density at radius 2 is 0.940 bits per heavy atom. The molecule has 3 heterocycles. The lowest BCUT2D eigenvalue weighted by Crippen LogP contribution is -2.00. The molecule has 0 atom stereocenters. The summed E-state index contributed by atoms with van der Waals surface area (Å²) in [6.07, 6.45) is 0. The molecule has 0 radical (unpaired) electrons. The number of hydrogen-bond acceptors (Lipinski definition) is 4. The van der Waals surface area contributed by atoms with Gasteiger partial charge in [0.1, 0.15) is 0 Å². The van der Waals surface area contributed by atoms with Crippen LogP contribution in [0.5, 0.6) is 0 Å². The summed E-state index contributed by atoms with van der Waals surface area (Å²) in [6.45, 7) is 0. The molecule has 4 nitrogen and oxygen atoms in total. The molecule has 0 aliphatic heterocycles. The number of nitrogens with zero attached hydrogens (tertiary/aromatic N) is 4. The van der Waals surface area contributed by atoms with Gasteiger partial charge in [0.2, 0.25) is 0 Å². The largest absolute Gasteiger partial charge is 0.309 e. The highest BCUT2D eigenvalue weighted by Crippen LogP contribution is 2.46. The number of hydrogen-bond donors (Lipinski definition) is 0. The maximum atomic E-state index is 5.09. The van der Waals surface area contributed by atoms with E-state index in [-0.39, 0.29) is 0 Å². The van der Waals surface area contributed by atoms with Crippen LogP contribution in [0, 0.1) is 0 Å². The van der Waals surface area contributed by atoms with Crippen LogP contribution in [0.4, 0.5) is 0 Å². The van der Waals surface area contributed by atoms with Crippen molar-refractivity contribution in [3.05, 3.63) is 170 Å². The number of fused-ring (bicyclic) bond motifs is 7. The summed E-state index contributed by atoms with van der Waals surface area (Å²) in [7, 11) is 0. The van der Waals surface area contributed by atoms with Crippen molar-refractivity contribution in [3.8, 4) is 51.0 Å². The Balaban J connectivity index is 1.25. The predicted molar refractivity (Wildman–Crippen MR) is 209 cm³/mol. The lowest BCUT2D eigenvalue weighted by molar-refractivity contribution is 1.08. The Kier molecular flexibility index (Phi) is 6.64. The van der Waals surface area contributed by atoms with Crippen molar-refractivity contribution in [2.24, 2.45) is 0 Å². The molecule has 50 heavy (non-hydrogen) atoms. The topological polar surface area (TPSA) is 43.6 Å². The average molecular weight is 657 g/mol. The molecule has 234 valence electrons. The van der Waals surface area contributed by atoms with Gasteiger partial charge in [-0.05, 0) is 41.5 Å². The molecule has 3 aromatic heterocycles. The molecule has 0 unspecified atom stereocenters. The van der Waals surface area contributed by atoms with E-state index in [0.29, 0.717) is 17.5 Å². The summed E-state index contributed by atoms with van der Waals surface area (Å²) in [5.41, 5.74) is 8.86. The highest BCUT2D eigenvalue weighted by Gasteiger charge is 2.21. The standard InChI is InChI=1S/C45H28N4S/c1-5-14-29(15-6-1)32-24-25-36-39(28-32)49(33-20-11-4-12-21-33)38-27-26-35-34-22-13-23-37(41(34)50-42(35)40(36)38)45-47-43(30-16-7-2-8-17-30)46-44(48-45)31-18-9-3-10-19-31/h1-28H. The SMILES string of the molecule is c1ccc(-c2ccc3c4c5sc6c(-c7nc(-c8ccccc8)nc(-c8ccccc8)n7)cccc6c5ccc4n(-c4ccccc4)c3c2)cc1. The monoisotopic (exact) mass is 656 g/mol. The molecular formula is C45H28N4S. The Bertz CT molecular complexity index is 2780. The van der Waals surface area contributed by atoms with Gasteiger partial charge in [-0.15, -0.1) is 11.3 Å². The highest BCUT2D eigenvalue weighted by molar-refractivity contribution is 7.27. The zero-order chi connectivity index (χ0) is 33.0. The van der Waals surface area contributed by atoms with Gasteiger partial charge >= 0.3 is 0 Å². The summed E-state index contributed by atoms with van der Waals surface area (Å²) in [4.78, 5) is 15.1. The van der Waals surface area contributed by atoms with Crippen molar-refractivity contribution in [1.82, 2.24) is 19.5 Å². The third-order valence-electron chi connectivity index (χ3n) is 9.46. The average Bonchev–Trinajstić information content (AvgIpc) is 3.74. The molecule has 5 heteroatoms. The van der Waals surface area contributed by atoms with Gasteiger partial charge < -0.3 is 4.57 Å². The van der Waals surface area contributed by atoms with Crippen molar-refractivity contribution in [2.75, 3.05) is 0 Å². The van der Waals surface area contributed by atoms with E-state index in [9.17, 15) is 0 Å². The second-order valence-electron chi connectivity index (χ2n) is 12.4. The molecule has 0 spiro atoms. The molecular weight excluding hydrogens is 629 g/mol. The van der Waals surface area contributed by atoms with Crippen LogP contribution in [0.3, 0.4) is 0 Å². The van der Waals surface area contributed by atoms with Crippen LogP contribution in [0.25, 0.3) is 93.0 Å². The Morgan fingerprint density at radius 3 is 1.60 bits per heavy atom. The van der Waals surface area contributed by atoms with Crippen LogP contribution in [0.2, 0.25) is 0 Å². The van der Waals surface area contributed by atoms with Crippen LogP contribution in [0.1, 0.15) is 0 Å². The second-order valence-corrected chi connectivity index (χ2v) is 13.4. The van der Waals surface area contributed by atoms with Gasteiger partial charge in [0.05, 0.1) is 11.0 Å². The third kappa shape index (κ3) is 4.63. The quantitative estimate of drug-likeness (QED) is 0.185. The number of para-hydroxylation sites is 1. The van der Waals surface area contributed by atoms with E-state index in [1.165, 1.54) is 53.1 Å². The van der Waals surface area contributed by atoms with Crippen molar-refractivity contribution >= 4 is 53.3 Å². The van der Waals surface area contributed by atoms with Crippen LogP contribution < -0.4 is 0 Å². The molecule has 10 rings (SSSR count). The Morgan fingerprint density at radius 1 is 0.380 bits per heavy atom. The van der Waals surface area contributed by atoms with Gasteiger partial charge in [-0.2, -0.15) is 0 Å². The van der Waals surface area contributed by atoms with Crippen molar-refractivity contribution in [3.63, 3.8) is 0 Å². The zero-order valence-corrected chi connectivity index (χ0v) is 27.7. The Labute approximate surface area is 292 Å². The van der Waals surface area contributed by atoms with E-state index in [1.54, 1.807) is 0 Å². The predicted octanol–water partition coefficient (Wildman–Crippen LogP) is 12.0. The first kappa shape index (κ1) is 28.6. The number of benzene rings is 7. The molecule has 0 saturated carbocycles. The minimum absolute atomic E-state index is 0.662. The van der Waals surface area contributed by atoms with E-state index in [0.717, 1.165) is 22.4 Å². The maximum Gasteiger partial charge on any atom is 0.165 e. The van der Waals surface area contributed by atoms with Gasteiger partial charge in [0.15, 0.2) is 17.5 Å². The summed E-state index contributed by atoms with van der Waals surface area (Å²) in [5.74, 6) is 2.00. The highest BCUT2D eigenvalue weighted by atomic mass is 32.1. The lowest BCUT2D eigenvalue weighted by atomic mass is 10.0. The van der Waals surface area contributed by atoms with Gasteiger partial charge in [0, 0.05) is 53.3 Å². The number of thiophene rings is 1. The van der Waals surface area contributed by atoms with Crippen LogP contribution in [0.15, 0.2) is 170 Å². The van der Waals surface area contributed by atoms with Crippen molar-refractivity contribution < 1.29 is 0 Å². The molecule has 0 amide bonds. The summed E-state index contributed by atoms with van der Waals surface area (Å²) >= 11 is 1.83. The normalized spacial score (nSPS) is 11.6. The number of rotatable bonds is 5. The number of aromatic nitrogens is 4. The molecule has 0 fully saturated rings. The molecule has 7 aromatic carbocycles. The van der Waals surface area contributed by atoms with E-state index in [1.807, 2.05) is 47.7 Å². The first-order valence-corrected chi connectivity index (χ1v) is 17.5. The first-order valence-electron chi connectivity index (χ1n) is 16.7. The van der Waals surface area contributed by atoms with Crippen molar-refractivity contribution in [1.29, 1.82) is 0 Å². The molecule has 0 aliphatic rings. The first-order chi connectivity index (χ1) is 24.8.